The van der Waals surface area contributed by atoms with E-state index in [0.29, 0.717) is 19.6 Å². The Balaban J connectivity index is 1.90. The van der Waals surface area contributed by atoms with Gasteiger partial charge in [0.05, 0.1) is 17.7 Å². The van der Waals surface area contributed by atoms with Gasteiger partial charge in [-0.15, -0.1) is 0 Å². The number of piperidine rings is 1. The summed E-state index contributed by atoms with van der Waals surface area (Å²) in [6, 6.07) is 3.88. The van der Waals surface area contributed by atoms with Crippen LogP contribution in [0.15, 0.2) is 23.1 Å². The largest absolute Gasteiger partial charge is 0.375 e. The molecule has 5 nitrogen and oxygen atoms in total. The Morgan fingerprint density at radius 2 is 2.14 bits per heavy atom. The third-order valence-corrected chi connectivity index (χ3v) is 6.71. The number of sulfonamides is 1. The minimum Gasteiger partial charge on any atom is -0.375 e. The van der Waals surface area contributed by atoms with E-state index < -0.39 is 20.7 Å². The Morgan fingerprint density at radius 1 is 1.36 bits per heavy atom. The lowest BCUT2D eigenvalue weighted by atomic mass is 10.0. The minimum absolute atomic E-state index is 0.0113. The molecule has 0 saturated carbocycles. The van der Waals surface area contributed by atoms with E-state index in [0.717, 1.165) is 12.6 Å². The third-order valence-electron chi connectivity index (χ3n) is 4.34. The quantitative estimate of drug-likeness (QED) is 0.814. The minimum atomic E-state index is -3.95. The van der Waals surface area contributed by atoms with Crippen molar-refractivity contribution in [3.8, 4) is 0 Å². The van der Waals surface area contributed by atoms with E-state index in [1.165, 1.54) is 16.4 Å². The average Bonchev–Trinajstić information content (AvgIpc) is 2.47. The smallest absolute Gasteiger partial charge is 0.247 e. The highest BCUT2D eigenvalue weighted by atomic mass is 35.5. The molecule has 0 aliphatic carbocycles. The van der Waals surface area contributed by atoms with Crippen molar-refractivity contribution in [2.45, 2.75) is 23.5 Å². The van der Waals surface area contributed by atoms with E-state index in [1.54, 1.807) is 0 Å². The Labute approximate surface area is 134 Å². The maximum Gasteiger partial charge on any atom is 0.247 e. The maximum atomic E-state index is 14.0. The summed E-state index contributed by atoms with van der Waals surface area (Å²) in [5, 5.41) is -0.0876. The average molecular weight is 349 g/mol. The highest BCUT2D eigenvalue weighted by Gasteiger charge is 2.41. The van der Waals surface area contributed by atoms with Crippen molar-refractivity contribution in [3.63, 3.8) is 0 Å². The lowest BCUT2D eigenvalue weighted by Crippen LogP contribution is -2.59. The third kappa shape index (κ3) is 2.76. The van der Waals surface area contributed by atoms with Crippen LogP contribution in [-0.2, 0) is 14.8 Å². The second kappa shape index (κ2) is 6.05. The van der Waals surface area contributed by atoms with Gasteiger partial charge in [-0.25, -0.2) is 12.8 Å². The van der Waals surface area contributed by atoms with Crippen molar-refractivity contribution >= 4 is 21.6 Å². The van der Waals surface area contributed by atoms with Gasteiger partial charge in [0.25, 0.3) is 0 Å². The number of fused-ring (bicyclic) bond motifs is 1. The van der Waals surface area contributed by atoms with E-state index in [9.17, 15) is 12.8 Å². The van der Waals surface area contributed by atoms with Gasteiger partial charge in [0.15, 0.2) is 0 Å². The van der Waals surface area contributed by atoms with Crippen molar-refractivity contribution in [1.82, 2.24) is 9.21 Å². The van der Waals surface area contributed by atoms with E-state index in [4.69, 9.17) is 16.3 Å². The van der Waals surface area contributed by atoms with Gasteiger partial charge >= 0.3 is 0 Å². The number of likely N-dealkylation sites (N-methyl/N-ethyl adjacent to an activating group) is 1. The molecule has 0 unspecified atom stereocenters. The lowest BCUT2D eigenvalue weighted by Gasteiger charge is -2.45. The van der Waals surface area contributed by atoms with Crippen LogP contribution in [-0.4, -0.2) is 63.1 Å². The number of nitrogens with zero attached hydrogens (tertiary/aromatic N) is 2. The second-order valence-electron chi connectivity index (χ2n) is 5.66. The van der Waals surface area contributed by atoms with Gasteiger partial charge in [-0.2, -0.15) is 4.31 Å². The predicted molar refractivity (Wildman–Crippen MR) is 80.9 cm³/mol. The van der Waals surface area contributed by atoms with Crippen molar-refractivity contribution in [2.24, 2.45) is 0 Å². The van der Waals surface area contributed by atoms with Crippen LogP contribution in [0.4, 0.5) is 4.39 Å². The van der Waals surface area contributed by atoms with Crippen LogP contribution in [0.25, 0.3) is 0 Å². The molecule has 3 rings (SSSR count). The normalized spacial score (nSPS) is 27.6. The number of halogens is 2. The molecule has 2 saturated heterocycles. The van der Waals surface area contributed by atoms with Gasteiger partial charge in [-0.1, -0.05) is 17.7 Å². The fraction of sp³-hybridized carbons (Fsp3) is 0.571. The summed E-state index contributed by atoms with van der Waals surface area (Å²) in [6.07, 6.45) is 0.627. The molecule has 1 aromatic carbocycles. The van der Waals surface area contributed by atoms with Crippen LogP contribution >= 0.6 is 11.6 Å². The molecule has 1 aromatic rings. The molecule has 2 fully saturated rings. The molecular formula is C14H18ClFN2O3S. The van der Waals surface area contributed by atoms with Gasteiger partial charge in [0, 0.05) is 25.7 Å². The predicted octanol–water partition coefficient (Wildman–Crippen LogP) is 1.57. The van der Waals surface area contributed by atoms with E-state index in [1.807, 2.05) is 7.05 Å². The zero-order valence-electron chi connectivity index (χ0n) is 12.2. The molecule has 22 heavy (non-hydrogen) atoms. The summed E-state index contributed by atoms with van der Waals surface area (Å²) in [5.74, 6) is -0.817. The Hall–Kier alpha value is -0.730. The lowest BCUT2D eigenvalue weighted by molar-refractivity contribution is -0.0840. The van der Waals surface area contributed by atoms with Crippen molar-refractivity contribution in [2.75, 3.05) is 33.3 Å². The Kier molecular flexibility index (Phi) is 4.44. The fourth-order valence-electron chi connectivity index (χ4n) is 3.09. The number of morpholine rings is 1. The molecule has 0 radical (unpaired) electrons. The molecule has 8 heteroatoms. The van der Waals surface area contributed by atoms with Crippen LogP contribution in [0.1, 0.15) is 6.42 Å². The number of ether oxygens (including phenoxy) is 1. The number of hydrogen-bond donors (Lipinski definition) is 0. The zero-order chi connectivity index (χ0) is 15.9. The molecular weight excluding hydrogens is 331 g/mol. The number of rotatable bonds is 2. The number of benzene rings is 1. The summed E-state index contributed by atoms with van der Waals surface area (Å²) >= 11 is 5.92. The molecule has 0 bridgehead atoms. The fourth-order valence-corrected chi connectivity index (χ4v) is 5.13. The van der Waals surface area contributed by atoms with Gasteiger partial charge in [-0.05, 0) is 25.6 Å². The maximum absolute atomic E-state index is 14.0. The summed E-state index contributed by atoms with van der Waals surface area (Å²) in [7, 11) is -2.00. The molecule has 2 atom stereocenters. The monoisotopic (exact) mass is 348 g/mol. The van der Waals surface area contributed by atoms with Crippen molar-refractivity contribution in [1.29, 1.82) is 0 Å². The summed E-state index contributed by atoms with van der Waals surface area (Å²) in [4.78, 5) is 1.66. The first kappa shape index (κ1) is 16.1. The Morgan fingerprint density at radius 3 is 2.86 bits per heavy atom. The van der Waals surface area contributed by atoms with Crippen LogP contribution < -0.4 is 0 Å². The topological polar surface area (TPSA) is 49.9 Å². The van der Waals surface area contributed by atoms with Gasteiger partial charge < -0.3 is 4.74 Å². The highest BCUT2D eigenvalue weighted by Crippen LogP contribution is 2.31. The molecule has 122 valence electrons. The standard InChI is InChI=1S/C14H18ClFN2O3S/c1-17-7-8-21-13-5-6-18(9-12(13)17)22(19,20)14-10(15)3-2-4-11(14)16/h2-4,12-13H,5-9H2,1H3/t12-,13+/m1/s1. The Bertz CT molecular complexity index is 650. The first-order valence-electron chi connectivity index (χ1n) is 7.17. The molecule has 0 N–H and O–H groups in total. The summed E-state index contributed by atoms with van der Waals surface area (Å²) in [6.45, 7) is 2.01. The van der Waals surface area contributed by atoms with E-state index in [2.05, 4.69) is 4.90 Å². The van der Waals surface area contributed by atoms with Crippen molar-refractivity contribution in [3.05, 3.63) is 29.0 Å². The van der Waals surface area contributed by atoms with Crippen molar-refractivity contribution < 1.29 is 17.5 Å². The summed E-state index contributed by atoms with van der Waals surface area (Å²) in [5.41, 5.74) is 0. The van der Waals surface area contributed by atoms with Crippen LogP contribution in [0, 0.1) is 5.82 Å². The molecule has 2 heterocycles. The molecule has 0 aromatic heterocycles. The van der Waals surface area contributed by atoms with Gasteiger partial charge in [0.2, 0.25) is 10.0 Å². The van der Waals surface area contributed by atoms with Crippen LogP contribution in [0.5, 0.6) is 0 Å². The van der Waals surface area contributed by atoms with Crippen LogP contribution in [0.3, 0.4) is 0 Å². The van der Waals surface area contributed by atoms with E-state index >= 15 is 0 Å². The number of hydrogen-bond acceptors (Lipinski definition) is 4. The zero-order valence-corrected chi connectivity index (χ0v) is 13.8. The van der Waals surface area contributed by atoms with Gasteiger partial charge in [0.1, 0.15) is 10.7 Å². The second-order valence-corrected chi connectivity index (χ2v) is 7.94. The first-order valence-corrected chi connectivity index (χ1v) is 8.99. The first-order chi connectivity index (χ1) is 10.4. The molecule has 0 amide bonds. The van der Waals surface area contributed by atoms with Crippen LogP contribution in [0.2, 0.25) is 5.02 Å². The molecule has 2 aliphatic rings. The SMILES string of the molecule is CN1CCO[C@H]2CCN(S(=O)(=O)c3c(F)cccc3Cl)C[C@H]21. The summed E-state index contributed by atoms with van der Waals surface area (Å²) < 4.78 is 46.5. The highest BCUT2D eigenvalue weighted by molar-refractivity contribution is 7.89. The van der Waals surface area contributed by atoms with E-state index in [-0.39, 0.29) is 23.7 Å². The molecule has 0 spiro atoms. The molecule has 2 aliphatic heterocycles. The van der Waals surface area contributed by atoms with Gasteiger partial charge in [-0.3, -0.25) is 4.90 Å².